The minimum Gasteiger partial charge on any atom is -0.460 e. The Morgan fingerprint density at radius 3 is 2.75 bits per heavy atom. The Balaban J connectivity index is 1.57. The Kier molecular flexibility index (Phi) is 4.83. The van der Waals surface area contributed by atoms with Gasteiger partial charge in [0, 0.05) is 16.7 Å². The highest BCUT2D eigenvalue weighted by atomic mass is 19.1. The normalized spacial score (nSPS) is 15.6. The van der Waals surface area contributed by atoms with E-state index in [1.54, 1.807) is 13.8 Å². The maximum Gasteiger partial charge on any atom is 0.344 e. The van der Waals surface area contributed by atoms with Gasteiger partial charge in [-0.05, 0) is 26.0 Å². The quantitative estimate of drug-likeness (QED) is 0.622. The van der Waals surface area contributed by atoms with Gasteiger partial charge >= 0.3 is 5.97 Å². The second-order valence-corrected chi connectivity index (χ2v) is 6.50. The standard InChI is InChI=1S/C21H18FNO5/c1-12-18(13(2)28-23-12)20(24)25-10-15-8-17(22)9-16-11-26-21(27-19(15)16)14-6-4-3-5-7-14/h3-9,21H,10-11H2,1-2H3/t21-/m1/s1. The van der Waals surface area contributed by atoms with E-state index in [1.807, 2.05) is 30.3 Å². The Hall–Kier alpha value is -3.19. The summed E-state index contributed by atoms with van der Waals surface area (Å²) < 4.78 is 36.0. The summed E-state index contributed by atoms with van der Waals surface area (Å²) in [5, 5.41) is 3.74. The maximum absolute atomic E-state index is 14.0. The molecule has 1 aliphatic rings. The third kappa shape index (κ3) is 3.48. The van der Waals surface area contributed by atoms with E-state index in [1.165, 1.54) is 12.1 Å². The van der Waals surface area contributed by atoms with Crippen LogP contribution >= 0.6 is 0 Å². The van der Waals surface area contributed by atoms with Gasteiger partial charge in [0.05, 0.1) is 12.3 Å². The number of carbonyl (C=O) groups excluding carboxylic acids is 1. The van der Waals surface area contributed by atoms with Crippen LogP contribution < -0.4 is 4.74 Å². The minimum atomic E-state index is -0.615. The Morgan fingerprint density at radius 2 is 2.04 bits per heavy atom. The van der Waals surface area contributed by atoms with Crippen LogP contribution in [0.3, 0.4) is 0 Å². The van der Waals surface area contributed by atoms with Gasteiger partial charge in [-0.25, -0.2) is 9.18 Å². The molecule has 0 saturated carbocycles. The molecule has 0 saturated heterocycles. The molecule has 3 aromatic rings. The van der Waals surface area contributed by atoms with E-state index in [4.69, 9.17) is 18.7 Å². The summed E-state index contributed by atoms with van der Waals surface area (Å²) in [7, 11) is 0. The van der Waals surface area contributed by atoms with Gasteiger partial charge in [0.15, 0.2) is 0 Å². The number of rotatable bonds is 4. The highest BCUT2D eigenvalue weighted by molar-refractivity contribution is 5.91. The lowest BCUT2D eigenvalue weighted by Crippen LogP contribution is -2.20. The van der Waals surface area contributed by atoms with E-state index < -0.39 is 18.1 Å². The Morgan fingerprint density at radius 1 is 1.25 bits per heavy atom. The van der Waals surface area contributed by atoms with E-state index in [0.717, 1.165) is 5.56 Å². The number of benzene rings is 2. The lowest BCUT2D eigenvalue weighted by molar-refractivity contribution is -0.112. The molecule has 2 aromatic carbocycles. The molecule has 6 nitrogen and oxygen atoms in total. The Labute approximate surface area is 160 Å². The zero-order valence-electron chi connectivity index (χ0n) is 15.4. The number of carbonyl (C=O) groups is 1. The number of esters is 1. The van der Waals surface area contributed by atoms with Crippen molar-refractivity contribution < 1.29 is 27.9 Å². The zero-order valence-corrected chi connectivity index (χ0v) is 15.4. The van der Waals surface area contributed by atoms with Crippen LogP contribution in [0.2, 0.25) is 0 Å². The summed E-state index contributed by atoms with van der Waals surface area (Å²) >= 11 is 0. The van der Waals surface area contributed by atoms with Crippen molar-refractivity contribution in [2.45, 2.75) is 33.4 Å². The number of fused-ring (bicyclic) bond motifs is 1. The molecule has 0 amide bonds. The van der Waals surface area contributed by atoms with Crippen molar-refractivity contribution in [3.8, 4) is 5.75 Å². The van der Waals surface area contributed by atoms with Gasteiger partial charge in [-0.15, -0.1) is 0 Å². The molecule has 0 N–H and O–H groups in total. The summed E-state index contributed by atoms with van der Waals surface area (Å²) in [5.41, 5.74) is 2.56. The van der Waals surface area contributed by atoms with Gasteiger partial charge in [0.2, 0.25) is 6.29 Å². The zero-order chi connectivity index (χ0) is 19.7. The lowest BCUT2D eigenvalue weighted by atomic mass is 10.1. The van der Waals surface area contributed by atoms with Gasteiger partial charge in [-0.2, -0.15) is 0 Å². The first-order valence-electron chi connectivity index (χ1n) is 8.77. The molecule has 144 valence electrons. The predicted molar refractivity (Wildman–Crippen MR) is 96.1 cm³/mol. The van der Waals surface area contributed by atoms with E-state index in [0.29, 0.717) is 28.3 Å². The van der Waals surface area contributed by atoms with Crippen LogP contribution in [0.15, 0.2) is 47.0 Å². The number of aromatic nitrogens is 1. The van der Waals surface area contributed by atoms with Crippen molar-refractivity contribution in [3.63, 3.8) is 0 Å². The smallest absolute Gasteiger partial charge is 0.344 e. The molecule has 1 aliphatic heterocycles. The average molecular weight is 383 g/mol. The van der Waals surface area contributed by atoms with Crippen LogP contribution in [0.5, 0.6) is 5.75 Å². The molecule has 0 radical (unpaired) electrons. The largest absolute Gasteiger partial charge is 0.460 e. The van der Waals surface area contributed by atoms with Crippen LogP contribution in [0.25, 0.3) is 0 Å². The first kappa shape index (κ1) is 18.2. The van der Waals surface area contributed by atoms with E-state index in [2.05, 4.69) is 5.16 Å². The fourth-order valence-corrected chi connectivity index (χ4v) is 3.15. The predicted octanol–water partition coefficient (Wildman–Crippen LogP) is 4.40. The highest BCUT2D eigenvalue weighted by Crippen LogP contribution is 2.37. The van der Waals surface area contributed by atoms with Crippen molar-refractivity contribution in [1.82, 2.24) is 5.16 Å². The molecular weight excluding hydrogens is 365 g/mol. The van der Waals surface area contributed by atoms with Gasteiger partial charge < -0.3 is 18.7 Å². The van der Waals surface area contributed by atoms with Gasteiger partial charge in [0.1, 0.15) is 29.5 Å². The molecule has 1 aromatic heterocycles. The Bertz CT molecular complexity index is 996. The molecule has 4 rings (SSSR count). The number of hydrogen-bond donors (Lipinski definition) is 0. The van der Waals surface area contributed by atoms with Crippen LogP contribution in [-0.4, -0.2) is 11.1 Å². The van der Waals surface area contributed by atoms with Crippen molar-refractivity contribution in [2.75, 3.05) is 0 Å². The number of halogens is 1. The molecule has 2 heterocycles. The van der Waals surface area contributed by atoms with Crippen LogP contribution in [-0.2, 0) is 22.7 Å². The number of hydrogen-bond acceptors (Lipinski definition) is 6. The first-order chi connectivity index (χ1) is 13.5. The molecule has 0 bridgehead atoms. The van der Waals surface area contributed by atoms with Gasteiger partial charge in [0.25, 0.3) is 0 Å². The van der Waals surface area contributed by atoms with E-state index in [9.17, 15) is 9.18 Å². The number of ether oxygens (including phenoxy) is 3. The average Bonchev–Trinajstić information content (AvgIpc) is 3.04. The highest BCUT2D eigenvalue weighted by Gasteiger charge is 2.26. The maximum atomic E-state index is 14.0. The molecule has 7 heteroatoms. The van der Waals surface area contributed by atoms with Gasteiger partial charge in [-0.1, -0.05) is 35.5 Å². The first-order valence-corrected chi connectivity index (χ1v) is 8.77. The third-order valence-electron chi connectivity index (χ3n) is 4.49. The second kappa shape index (κ2) is 7.44. The van der Waals surface area contributed by atoms with Crippen LogP contribution in [0.1, 0.15) is 44.8 Å². The molecule has 0 fully saturated rings. The van der Waals surface area contributed by atoms with Crippen LogP contribution in [0.4, 0.5) is 4.39 Å². The summed E-state index contributed by atoms with van der Waals surface area (Å²) in [5.74, 6) is -0.195. The van der Waals surface area contributed by atoms with Crippen molar-refractivity contribution >= 4 is 5.97 Å². The van der Waals surface area contributed by atoms with E-state index in [-0.39, 0.29) is 18.8 Å². The molecule has 1 atom stereocenters. The van der Waals surface area contributed by atoms with Crippen molar-refractivity contribution in [2.24, 2.45) is 0 Å². The second-order valence-electron chi connectivity index (χ2n) is 6.50. The summed E-state index contributed by atoms with van der Waals surface area (Å²) in [4.78, 5) is 12.4. The monoisotopic (exact) mass is 383 g/mol. The SMILES string of the molecule is Cc1noc(C)c1C(=O)OCc1cc(F)cc2c1O[C@H](c1ccccc1)OC2. The van der Waals surface area contributed by atoms with Crippen molar-refractivity contribution in [3.05, 3.63) is 82.0 Å². The van der Waals surface area contributed by atoms with Crippen molar-refractivity contribution in [1.29, 1.82) is 0 Å². The van der Waals surface area contributed by atoms with E-state index >= 15 is 0 Å². The summed E-state index contributed by atoms with van der Waals surface area (Å²) in [6, 6.07) is 12.1. The molecule has 0 spiro atoms. The summed E-state index contributed by atoms with van der Waals surface area (Å²) in [6.45, 7) is 3.33. The number of nitrogens with zero attached hydrogens (tertiary/aromatic N) is 1. The molecule has 0 aliphatic carbocycles. The molecule has 0 unspecified atom stereocenters. The molecular formula is C21H18FNO5. The fraction of sp³-hybridized carbons (Fsp3) is 0.238. The third-order valence-corrected chi connectivity index (χ3v) is 4.49. The van der Waals surface area contributed by atoms with Crippen LogP contribution in [0, 0.1) is 19.7 Å². The fourth-order valence-electron chi connectivity index (χ4n) is 3.15. The minimum absolute atomic E-state index is 0.148. The lowest BCUT2D eigenvalue weighted by Gasteiger charge is -2.28. The summed E-state index contributed by atoms with van der Waals surface area (Å²) in [6.07, 6.45) is -0.615. The number of aryl methyl sites for hydroxylation is 2. The molecule has 28 heavy (non-hydrogen) atoms. The topological polar surface area (TPSA) is 70.8 Å². The van der Waals surface area contributed by atoms with Gasteiger partial charge in [-0.3, -0.25) is 0 Å².